The van der Waals surface area contributed by atoms with Crippen LogP contribution in [-0.2, 0) is 12.8 Å². The Morgan fingerprint density at radius 1 is 1.06 bits per heavy atom. The highest BCUT2D eigenvalue weighted by Gasteiger charge is 2.08. The summed E-state index contributed by atoms with van der Waals surface area (Å²) in [5.74, 6) is -0.114. The number of benzene rings is 1. The van der Waals surface area contributed by atoms with E-state index < -0.39 is 5.97 Å². The molecular weight excluding hydrogens is 232 g/mol. The molecule has 4 nitrogen and oxygen atoms in total. The summed E-state index contributed by atoms with van der Waals surface area (Å²) in [4.78, 5) is 10.6. The fourth-order valence-electron chi connectivity index (χ4n) is 1.76. The van der Waals surface area contributed by atoms with Crippen molar-refractivity contribution in [1.82, 2.24) is 0 Å². The molecule has 0 saturated heterocycles. The average Bonchev–Trinajstić information content (AvgIpc) is 2.81. The molecule has 0 bridgehead atoms. The molecule has 2 aromatic rings. The van der Waals surface area contributed by atoms with Crippen LogP contribution in [0, 0.1) is 0 Å². The lowest BCUT2D eigenvalue weighted by molar-refractivity contribution is 0.0660. The van der Waals surface area contributed by atoms with Crippen LogP contribution in [0.4, 0.5) is 0 Å². The van der Waals surface area contributed by atoms with Crippen LogP contribution < -0.4 is 0 Å². The zero-order chi connectivity index (χ0) is 13.0. The number of aryl methyl sites for hydroxylation is 2. The molecule has 0 unspecified atom stereocenters. The number of hydrogen-bond donors (Lipinski definition) is 2. The third-order valence-electron chi connectivity index (χ3n) is 2.70. The van der Waals surface area contributed by atoms with Crippen molar-refractivity contribution in [3.05, 3.63) is 53.5 Å². The van der Waals surface area contributed by atoms with Gasteiger partial charge in [0.1, 0.15) is 11.5 Å². The fourth-order valence-corrected chi connectivity index (χ4v) is 1.76. The van der Waals surface area contributed by atoms with Crippen LogP contribution in [0.15, 0.2) is 40.8 Å². The number of phenolic OH excluding ortho intramolecular Hbond substituents is 1. The van der Waals surface area contributed by atoms with Crippen LogP contribution in [0.2, 0.25) is 0 Å². The topological polar surface area (TPSA) is 70.7 Å². The van der Waals surface area contributed by atoms with E-state index in [9.17, 15) is 4.79 Å². The Labute approximate surface area is 104 Å². The summed E-state index contributed by atoms with van der Waals surface area (Å²) in [5.41, 5.74) is 1.14. The van der Waals surface area contributed by atoms with Gasteiger partial charge in [-0.05, 0) is 42.7 Å². The van der Waals surface area contributed by atoms with Crippen LogP contribution in [0.1, 0.15) is 28.3 Å². The van der Waals surface area contributed by atoms with E-state index in [1.165, 1.54) is 6.07 Å². The molecule has 2 rings (SSSR count). The maximum atomic E-state index is 10.6. The molecule has 0 aliphatic rings. The number of hydrogen-bond acceptors (Lipinski definition) is 3. The average molecular weight is 246 g/mol. The number of furan rings is 1. The lowest BCUT2D eigenvalue weighted by atomic mass is 10.1. The largest absolute Gasteiger partial charge is 0.508 e. The van der Waals surface area contributed by atoms with E-state index in [0.29, 0.717) is 12.2 Å². The Kier molecular flexibility index (Phi) is 3.67. The Bertz CT molecular complexity index is 525. The number of carboxylic acids is 1. The van der Waals surface area contributed by atoms with Crippen molar-refractivity contribution >= 4 is 5.97 Å². The summed E-state index contributed by atoms with van der Waals surface area (Å²) >= 11 is 0. The molecule has 0 atom stereocenters. The molecule has 1 aromatic heterocycles. The van der Waals surface area contributed by atoms with Gasteiger partial charge < -0.3 is 14.6 Å². The summed E-state index contributed by atoms with van der Waals surface area (Å²) in [7, 11) is 0. The first-order chi connectivity index (χ1) is 8.65. The zero-order valence-electron chi connectivity index (χ0n) is 9.80. The summed E-state index contributed by atoms with van der Waals surface area (Å²) in [6.07, 6.45) is 2.44. The van der Waals surface area contributed by atoms with Gasteiger partial charge in [0.2, 0.25) is 5.76 Å². The molecule has 0 aliphatic heterocycles. The Morgan fingerprint density at radius 3 is 2.39 bits per heavy atom. The molecule has 1 heterocycles. The normalized spacial score (nSPS) is 10.4. The molecule has 0 radical (unpaired) electrons. The highest BCUT2D eigenvalue weighted by molar-refractivity contribution is 5.84. The standard InChI is InChI=1S/C14H14O4/c15-11-6-4-10(5-7-11)2-1-3-12-8-9-13(18-12)14(16)17/h4-9,15H,1-3H2,(H,16,17). The van der Waals surface area contributed by atoms with Gasteiger partial charge in [0.25, 0.3) is 0 Å². The van der Waals surface area contributed by atoms with Crippen molar-refractivity contribution in [2.24, 2.45) is 0 Å². The number of aromatic carboxylic acids is 1. The molecule has 0 spiro atoms. The summed E-state index contributed by atoms with van der Waals surface area (Å²) in [5, 5.41) is 17.9. The Hall–Kier alpha value is -2.23. The first-order valence-electron chi connectivity index (χ1n) is 5.75. The number of carbonyl (C=O) groups is 1. The molecular formula is C14H14O4. The van der Waals surface area contributed by atoms with E-state index in [1.807, 2.05) is 12.1 Å². The minimum Gasteiger partial charge on any atom is -0.508 e. The number of phenols is 1. The predicted octanol–water partition coefficient (Wildman–Crippen LogP) is 2.86. The van der Waals surface area contributed by atoms with Gasteiger partial charge in [-0.15, -0.1) is 0 Å². The van der Waals surface area contributed by atoms with Gasteiger partial charge in [-0.25, -0.2) is 4.79 Å². The van der Waals surface area contributed by atoms with E-state index in [0.717, 1.165) is 18.4 Å². The van der Waals surface area contributed by atoms with Crippen LogP contribution in [0.3, 0.4) is 0 Å². The minimum atomic E-state index is -1.04. The minimum absolute atomic E-state index is 0.0189. The van der Waals surface area contributed by atoms with Gasteiger partial charge in [-0.2, -0.15) is 0 Å². The molecule has 4 heteroatoms. The maximum absolute atomic E-state index is 10.6. The zero-order valence-corrected chi connectivity index (χ0v) is 9.80. The van der Waals surface area contributed by atoms with Crippen LogP contribution >= 0.6 is 0 Å². The Morgan fingerprint density at radius 2 is 1.78 bits per heavy atom. The second-order valence-corrected chi connectivity index (χ2v) is 4.09. The van der Waals surface area contributed by atoms with Gasteiger partial charge in [-0.1, -0.05) is 12.1 Å². The summed E-state index contributed by atoms with van der Waals surface area (Å²) in [6, 6.07) is 10.2. The van der Waals surface area contributed by atoms with Crippen molar-refractivity contribution in [2.45, 2.75) is 19.3 Å². The third kappa shape index (κ3) is 3.13. The van der Waals surface area contributed by atoms with Gasteiger partial charge in [-0.3, -0.25) is 0 Å². The van der Waals surface area contributed by atoms with E-state index in [-0.39, 0.29) is 11.5 Å². The van der Waals surface area contributed by atoms with E-state index >= 15 is 0 Å². The molecule has 2 N–H and O–H groups in total. The highest BCUT2D eigenvalue weighted by Crippen LogP contribution is 2.14. The van der Waals surface area contributed by atoms with Gasteiger partial charge >= 0.3 is 5.97 Å². The quantitative estimate of drug-likeness (QED) is 0.851. The first-order valence-corrected chi connectivity index (χ1v) is 5.75. The number of aromatic hydroxyl groups is 1. The first kappa shape index (κ1) is 12.2. The van der Waals surface area contributed by atoms with Crippen molar-refractivity contribution in [3.63, 3.8) is 0 Å². The van der Waals surface area contributed by atoms with Crippen molar-refractivity contribution in [3.8, 4) is 5.75 Å². The second-order valence-electron chi connectivity index (χ2n) is 4.09. The van der Waals surface area contributed by atoms with Crippen LogP contribution in [0.5, 0.6) is 5.75 Å². The molecule has 0 fully saturated rings. The maximum Gasteiger partial charge on any atom is 0.371 e. The number of carboxylic acid groups (broad SMARTS) is 1. The molecule has 0 amide bonds. The van der Waals surface area contributed by atoms with E-state index in [2.05, 4.69) is 0 Å². The molecule has 0 aliphatic carbocycles. The fraction of sp³-hybridized carbons (Fsp3) is 0.214. The predicted molar refractivity (Wildman–Crippen MR) is 65.8 cm³/mol. The lowest BCUT2D eigenvalue weighted by Gasteiger charge is -2.00. The van der Waals surface area contributed by atoms with Gasteiger partial charge in [0.05, 0.1) is 0 Å². The molecule has 0 saturated carbocycles. The third-order valence-corrected chi connectivity index (χ3v) is 2.70. The van der Waals surface area contributed by atoms with Crippen LogP contribution in [-0.4, -0.2) is 16.2 Å². The van der Waals surface area contributed by atoms with Gasteiger partial charge in [0, 0.05) is 6.42 Å². The van der Waals surface area contributed by atoms with Crippen molar-refractivity contribution in [1.29, 1.82) is 0 Å². The Balaban J connectivity index is 1.84. The smallest absolute Gasteiger partial charge is 0.371 e. The monoisotopic (exact) mass is 246 g/mol. The number of rotatable bonds is 5. The second kappa shape index (κ2) is 5.40. The SMILES string of the molecule is O=C(O)c1ccc(CCCc2ccc(O)cc2)o1. The van der Waals surface area contributed by atoms with E-state index in [4.69, 9.17) is 14.6 Å². The molecule has 1 aromatic carbocycles. The molecule has 94 valence electrons. The lowest BCUT2D eigenvalue weighted by Crippen LogP contribution is -1.92. The highest BCUT2D eigenvalue weighted by atomic mass is 16.4. The van der Waals surface area contributed by atoms with Crippen LogP contribution in [0.25, 0.3) is 0 Å². The van der Waals surface area contributed by atoms with Gasteiger partial charge in [0.15, 0.2) is 0 Å². The molecule has 18 heavy (non-hydrogen) atoms. The van der Waals surface area contributed by atoms with Crippen molar-refractivity contribution < 1.29 is 19.4 Å². The van der Waals surface area contributed by atoms with Crippen molar-refractivity contribution in [2.75, 3.05) is 0 Å². The van der Waals surface area contributed by atoms with E-state index in [1.54, 1.807) is 18.2 Å². The summed E-state index contributed by atoms with van der Waals surface area (Å²) in [6.45, 7) is 0. The summed E-state index contributed by atoms with van der Waals surface area (Å²) < 4.78 is 5.16.